The molecule has 0 aliphatic carbocycles. The molecule has 1 aromatic rings. The lowest BCUT2D eigenvalue weighted by molar-refractivity contribution is -0.104. The number of benzene rings is 1. The fourth-order valence-electron chi connectivity index (χ4n) is 2.41. The summed E-state index contributed by atoms with van der Waals surface area (Å²) in [6, 6.07) is 3.96. The zero-order valence-electron chi connectivity index (χ0n) is 15.7. The molecule has 0 unspecified atom stereocenters. The van der Waals surface area contributed by atoms with E-state index < -0.39 is 13.0 Å². The summed E-state index contributed by atoms with van der Waals surface area (Å²) in [5.41, 5.74) is 2.94. The molecule has 0 spiro atoms. The van der Waals surface area contributed by atoms with E-state index in [0.29, 0.717) is 23.2 Å². The third kappa shape index (κ3) is 5.15. The normalized spacial score (nSPS) is 13.3. The molecule has 0 aliphatic heterocycles. The van der Waals surface area contributed by atoms with Gasteiger partial charge in [-0.3, -0.25) is 4.79 Å². The van der Waals surface area contributed by atoms with Crippen LogP contribution in [0.15, 0.2) is 18.2 Å². The van der Waals surface area contributed by atoms with Gasteiger partial charge in [0.25, 0.3) is 6.43 Å². The highest BCUT2D eigenvalue weighted by Gasteiger charge is 2.27. The lowest BCUT2D eigenvalue weighted by atomic mass is 9.78. The SMILES string of the molecule is C/C(=C/C=O)c1cc(C(C)(C)C)cc(C(C)(C)C)c1OCC(F)F. The standard InChI is InChI=1S/C20H28F2O2/c1-13(8-9-23)15-10-14(19(2,3)4)11-16(20(5,6)7)18(15)24-12-17(21)22/h8-11,17H,12H2,1-7H3/b13-8-. The van der Waals surface area contributed by atoms with Crippen molar-refractivity contribution in [2.75, 3.05) is 6.61 Å². The second-order valence-electron chi connectivity index (χ2n) is 8.09. The van der Waals surface area contributed by atoms with Gasteiger partial charge in [-0.1, -0.05) is 47.6 Å². The maximum atomic E-state index is 12.7. The minimum Gasteiger partial charge on any atom is -0.487 e. The van der Waals surface area contributed by atoms with Gasteiger partial charge in [-0.2, -0.15) is 0 Å². The molecule has 4 heteroatoms. The molecule has 0 heterocycles. The molecule has 0 saturated carbocycles. The maximum Gasteiger partial charge on any atom is 0.272 e. The van der Waals surface area contributed by atoms with Crippen LogP contribution in [0.2, 0.25) is 0 Å². The molecule has 1 aromatic carbocycles. The first-order valence-electron chi connectivity index (χ1n) is 8.10. The van der Waals surface area contributed by atoms with Crippen LogP contribution in [-0.4, -0.2) is 19.3 Å². The first-order valence-corrected chi connectivity index (χ1v) is 8.10. The Balaban J connectivity index is 3.72. The number of hydrogen-bond acceptors (Lipinski definition) is 2. The number of hydrogen-bond donors (Lipinski definition) is 0. The third-order valence-corrected chi connectivity index (χ3v) is 3.86. The van der Waals surface area contributed by atoms with Crippen LogP contribution >= 0.6 is 0 Å². The Kier molecular flexibility index (Phi) is 6.32. The molecule has 0 radical (unpaired) electrons. The summed E-state index contributed by atoms with van der Waals surface area (Å²) < 4.78 is 30.9. The zero-order chi connectivity index (χ0) is 18.7. The minimum absolute atomic E-state index is 0.114. The van der Waals surface area contributed by atoms with Gasteiger partial charge in [-0.15, -0.1) is 0 Å². The van der Waals surface area contributed by atoms with Crippen molar-refractivity contribution in [1.82, 2.24) is 0 Å². The van der Waals surface area contributed by atoms with Crippen molar-refractivity contribution in [2.45, 2.75) is 65.7 Å². The Hall–Kier alpha value is -1.71. The zero-order valence-corrected chi connectivity index (χ0v) is 15.7. The second-order valence-corrected chi connectivity index (χ2v) is 8.09. The van der Waals surface area contributed by atoms with E-state index in [2.05, 4.69) is 20.8 Å². The van der Waals surface area contributed by atoms with Gasteiger partial charge >= 0.3 is 0 Å². The summed E-state index contributed by atoms with van der Waals surface area (Å²) in [4.78, 5) is 10.9. The maximum absolute atomic E-state index is 12.7. The van der Waals surface area contributed by atoms with Gasteiger partial charge in [-0.25, -0.2) is 8.78 Å². The van der Waals surface area contributed by atoms with Crippen molar-refractivity contribution in [3.8, 4) is 5.75 Å². The van der Waals surface area contributed by atoms with E-state index in [1.54, 1.807) is 6.92 Å². The van der Waals surface area contributed by atoms with Gasteiger partial charge in [0.15, 0.2) is 0 Å². The Morgan fingerprint density at radius 3 is 2.12 bits per heavy atom. The first-order chi connectivity index (χ1) is 10.9. The molecule has 0 saturated heterocycles. The summed E-state index contributed by atoms with van der Waals surface area (Å²) in [5.74, 6) is 0.436. The summed E-state index contributed by atoms with van der Waals surface area (Å²) in [7, 11) is 0. The Morgan fingerprint density at radius 2 is 1.71 bits per heavy atom. The number of carbonyl (C=O) groups is 1. The predicted molar refractivity (Wildman–Crippen MR) is 95.1 cm³/mol. The molecule has 24 heavy (non-hydrogen) atoms. The summed E-state index contributed by atoms with van der Waals surface area (Å²) in [5, 5.41) is 0. The highest BCUT2D eigenvalue weighted by Crippen LogP contribution is 2.41. The van der Waals surface area contributed by atoms with Gasteiger partial charge in [0.05, 0.1) is 0 Å². The number of halogens is 2. The lowest BCUT2D eigenvalue weighted by Crippen LogP contribution is -2.20. The van der Waals surface area contributed by atoms with Crippen LogP contribution in [0.4, 0.5) is 8.78 Å². The smallest absolute Gasteiger partial charge is 0.272 e. The molecular formula is C20H28F2O2. The number of allylic oxidation sites excluding steroid dienone is 2. The molecule has 0 bridgehead atoms. The number of rotatable bonds is 5. The minimum atomic E-state index is -2.55. The molecule has 0 fully saturated rings. The van der Waals surface area contributed by atoms with Crippen LogP contribution in [-0.2, 0) is 15.6 Å². The number of aldehydes is 1. The second kappa shape index (κ2) is 7.45. The fraction of sp³-hybridized carbons (Fsp3) is 0.550. The van der Waals surface area contributed by atoms with E-state index in [9.17, 15) is 13.6 Å². The van der Waals surface area contributed by atoms with Crippen molar-refractivity contribution >= 4 is 11.9 Å². The fourth-order valence-corrected chi connectivity index (χ4v) is 2.41. The lowest BCUT2D eigenvalue weighted by Gasteiger charge is -2.29. The van der Waals surface area contributed by atoms with Gasteiger partial charge in [0, 0.05) is 11.1 Å². The van der Waals surface area contributed by atoms with Crippen molar-refractivity contribution in [2.24, 2.45) is 0 Å². The molecular weight excluding hydrogens is 310 g/mol. The summed E-state index contributed by atoms with van der Waals surface area (Å²) >= 11 is 0. The van der Waals surface area contributed by atoms with E-state index in [1.807, 2.05) is 32.9 Å². The molecule has 1 rings (SSSR count). The molecule has 0 N–H and O–H groups in total. The Labute approximate surface area is 143 Å². The average Bonchev–Trinajstić information content (AvgIpc) is 2.42. The van der Waals surface area contributed by atoms with Crippen molar-refractivity contribution in [3.63, 3.8) is 0 Å². The van der Waals surface area contributed by atoms with E-state index >= 15 is 0 Å². The van der Waals surface area contributed by atoms with Crippen LogP contribution in [0.5, 0.6) is 5.75 Å². The van der Waals surface area contributed by atoms with E-state index in [1.165, 1.54) is 6.08 Å². The van der Waals surface area contributed by atoms with Crippen LogP contribution in [0.25, 0.3) is 5.57 Å². The van der Waals surface area contributed by atoms with E-state index in [0.717, 1.165) is 11.1 Å². The predicted octanol–water partition coefficient (Wildman–Crippen LogP) is 5.53. The van der Waals surface area contributed by atoms with Gasteiger partial charge in [0.2, 0.25) is 0 Å². The van der Waals surface area contributed by atoms with Crippen molar-refractivity contribution in [3.05, 3.63) is 34.9 Å². The van der Waals surface area contributed by atoms with Gasteiger partial charge < -0.3 is 4.74 Å². The largest absolute Gasteiger partial charge is 0.487 e. The van der Waals surface area contributed by atoms with Crippen molar-refractivity contribution in [1.29, 1.82) is 0 Å². The summed E-state index contributed by atoms with van der Waals surface area (Å²) in [6.07, 6.45) is -0.417. The van der Waals surface area contributed by atoms with Crippen LogP contribution < -0.4 is 4.74 Å². The highest BCUT2D eigenvalue weighted by atomic mass is 19.3. The number of ether oxygens (including phenoxy) is 1. The van der Waals surface area contributed by atoms with Crippen LogP contribution in [0.3, 0.4) is 0 Å². The Bertz CT molecular complexity index is 618. The topological polar surface area (TPSA) is 26.3 Å². The van der Waals surface area contributed by atoms with Gasteiger partial charge in [0.1, 0.15) is 18.6 Å². The molecule has 0 aliphatic rings. The monoisotopic (exact) mass is 338 g/mol. The molecule has 0 atom stereocenters. The van der Waals surface area contributed by atoms with Crippen LogP contribution in [0.1, 0.15) is 65.2 Å². The molecule has 0 aromatic heterocycles. The highest BCUT2D eigenvalue weighted by molar-refractivity contribution is 5.83. The Morgan fingerprint density at radius 1 is 1.12 bits per heavy atom. The van der Waals surface area contributed by atoms with E-state index in [-0.39, 0.29) is 10.8 Å². The van der Waals surface area contributed by atoms with Gasteiger partial charge in [-0.05, 0) is 41.0 Å². The first kappa shape index (κ1) is 20.3. The third-order valence-electron chi connectivity index (χ3n) is 3.86. The average molecular weight is 338 g/mol. The molecule has 134 valence electrons. The van der Waals surface area contributed by atoms with E-state index in [4.69, 9.17) is 4.74 Å². The number of alkyl halides is 2. The van der Waals surface area contributed by atoms with Crippen molar-refractivity contribution < 1.29 is 18.3 Å². The number of carbonyl (C=O) groups excluding carboxylic acids is 1. The van der Waals surface area contributed by atoms with Crippen LogP contribution in [0, 0.1) is 0 Å². The molecule has 0 amide bonds. The summed E-state index contributed by atoms with van der Waals surface area (Å²) in [6.45, 7) is 13.5. The molecule has 2 nitrogen and oxygen atoms in total. The quantitative estimate of drug-likeness (QED) is 0.521.